The lowest BCUT2D eigenvalue weighted by molar-refractivity contribution is 0.667. The van der Waals surface area contributed by atoms with E-state index < -0.39 is 0 Å². The van der Waals surface area contributed by atoms with Gasteiger partial charge >= 0.3 is 0 Å². The Labute approximate surface area is 356 Å². The van der Waals surface area contributed by atoms with Gasteiger partial charge in [-0.2, -0.15) is 0 Å². The van der Waals surface area contributed by atoms with Gasteiger partial charge in [0.25, 0.3) is 0 Å². The van der Waals surface area contributed by atoms with Gasteiger partial charge in [-0.15, -0.1) is 0 Å². The van der Waals surface area contributed by atoms with Crippen molar-refractivity contribution in [3.63, 3.8) is 0 Å². The second-order valence-electron chi connectivity index (χ2n) is 16.5. The summed E-state index contributed by atoms with van der Waals surface area (Å²) in [6.45, 7) is 4.32. The minimum Gasteiger partial charge on any atom is -0.454 e. The number of benzene rings is 8. The van der Waals surface area contributed by atoms with Crippen molar-refractivity contribution in [2.75, 3.05) is 0 Å². The number of nitrogens with zero attached hydrogens (tertiary/aromatic N) is 5. The molecular formula is C56H37N5O. The Balaban J connectivity index is 0.982. The maximum Gasteiger partial charge on any atom is 0.220 e. The van der Waals surface area contributed by atoms with E-state index in [1.54, 1.807) is 6.20 Å². The number of pyridine rings is 1. The molecule has 0 aliphatic heterocycles. The van der Waals surface area contributed by atoms with Crippen molar-refractivity contribution in [1.82, 2.24) is 23.5 Å². The van der Waals surface area contributed by atoms with Crippen LogP contribution in [-0.2, 0) is 0 Å². The third kappa shape index (κ3) is 5.17. The number of aryl methyl sites for hydroxylation is 2. The van der Waals surface area contributed by atoms with Gasteiger partial charge in [-0.1, -0.05) is 103 Å². The van der Waals surface area contributed by atoms with E-state index in [2.05, 4.69) is 202 Å². The molecule has 292 valence electrons. The quantitative estimate of drug-likeness (QED) is 0.174. The Morgan fingerprint density at radius 3 is 2.08 bits per heavy atom. The first-order chi connectivity index (χ1) is 30.5. The summed E-state index contributed by atoms with van der Waals surface area (Å²) in [5, 5.41) is 4.61. The lowest BCUT2D eigenvalue weighted by Gasteiger charge is -2.11. The van der Waals surface area contributed by atoms with E-state index in [0.717, 1.165) is 77.8 Å². The second kappa shape index (κ2) is 13.1. The smallest absolute Gasteiger partial charge is 0.220 e. The van der Waals surface area contributed by atoms with E-state index in [1.165, 1.54) is 49.6 Å². The third-order valence-electron chi connectivity index (χ3n) is 12.6. The van der Waals surface area contributed by atoms with Crippen molar-refractivity contribution in [3.05, 3.63) is 199 Å². The number of aromatic nitrogens is 5. The van der Waals surface area contributed by atoms with Gasteiger partial charge in [-0.25, -0.2) is 4.98 Å². The normalized spacial score (nSPS) is 12.0. The van der Waals surface area contributed by atoms with E-state index in [-0.39, 0.29) is 0 Å². The Hall–Kier alpha value is -8.22. The zero-order chi connectivity index (χ0) is 41.1. The molecule has 0 aliphatic rings. The number of hydrogen-bond acceptors (Lipinski definition) is 3. The molecule has 6 nitrogen and oxygen atoms in total. The molecule has 8 aromatic carbocycles. The third-order valence-corrected chi connectivity index (χ3v) is 12.6. The van der Waals surface area contributed by atoms with Gasteiger partial charge in [-0.05, 0) is 132 Å². The molecule has 0 N–H and O–H groups in total. The number of furan rings is 1. The topological polar surface area (TPSA) is 53.2 Å². The predicted octanol–water partition coefficient (Wildman–Crippen LogP) is 14.4. The van der Waals surface area contributed by atoms with E-state index in [0.29, 0.717) is 0 Å². The molecule has 0 radical (unpaired) electrons. The molecule has 0 fully saturated rings. The average molecular weight is 796 g/mol. The molecule has 62 heavy (non-hydrogen) atoms. The van der Waals surface area contributed by atoms with Crippen LogP contribution in [0.2, 0.25) is 0 Å². The molecule has 0 atom stereocenters. The van der Waals surface area contributed by atoms with Crippen molar-refractivity contribution in [1.29, 1.82) is 0 Å². The fraction of sp³-hybridized carbons (Fsp3) is 0.0357. The summed E-state index contributed by atoms with van der Waals surface area (Å²) in [6.07, 6.45) is 3.60. The Morgan fingerprint density at radius 2 is 1.18 bits per heavy atom. The fourth-order valence-corrected chi connectivity index (χ4v) is 9.88. The highest BCUT2D eigenvalue weighted by Crippen LogP contribution is 2.41. The molecule has 0 amide bonds. The van der Waals surface area contributed by atoms with Crippen LogP contribution in [0.5, 0.6) is 0 Å². The summed E-state index contributed by atoms with van der Waals surface area (Å²) in [6, 6.07) is 63.8. The summed E-state index contributed by atoms with van der Waals surface area (Å²) in [5.41, 5.74) is 19.9. The molecule has 5 aromatic heterocycles. The largest absolute Gasteiger partial charge is 0.454 e. The lowest BCUT2D eigenvalue weighted by atomic mass is 9.99. The zero-order valence-electron chi connectivity index (χ0n) is 34.0. The molecule has 13 aromatic rings. The maximum atomic E-state index is 6.11. The van der Waals surface area contributed by atoms with E-state index in [9.17, 15) is 0 Å². The predicted molar refractivity (Wildman–Crippen MR) is 255 cm³/mol. The maximum absolute atomic E-state index is 6.11. The van der Waals surface area contributed by atoms with E-state index >= 15 is 0 Å². The van der Waals surface area contributed by atoms with Crippen LogP contribution >= 0.6 is 0 Å². The van der Waals surface area contributed by atoms with Crippen LogP contribution in [0.3, 0.4) is 0 Å². The highest BCUT2D eigenvalue weighted by molar-refractivity contribution is 6.16. The zero-order valence-corrected chi connectivity index (χ0v) is 34.0. The van der Waals surface area contributed by atoms with Crippen molar-refractivity contribution in [2.24, 2.45) is 0 Å². The fourth-order valence-electron chi connectivity index (χ4n) is 9.88. The van der Waals surface area contributed by atoms with Crippen molar-refractivity contribution < 1.29 is 4.42 Å². The Kier molecular flexibility index (Phi) is 7.34. The summed E-state index contributed by atoms with van der Waals surface area (Å²) in [7, 11) is 0. The van der Waals surface area contributed by atoms with Crippen molar-refractivity contribution in [2.45, 2.75) is 13.8 Å². The summed E-state index contributed by atoms with van der Waals surface area (Å²) in [5.74, 6) is 0.877. The van der Waals surface area contributed by atoms with Crippen LogP contribution in [0.25, 0.3) is 116 Å². The number of hydrogen-bond donors (Lipinski definition) is 0. The second-order valence-corrected chi connectivity index (χ2v) is 16.5. The van der Waals surface area contributed by atoms with Gasteiger partial charge in [0.1, 0.15) is 5.58 Å². The monoisotopic (exact) mass is 795 g/mol. The molecule has 0 saturated carbocycles. The molecular weight excluding hydrogens is 759 g/mol. The van der Waals surface area contributed by atoms with Crippen LogP contribution in [0.4, 0.5) is 0 Å². The lowest BCUT2D eigenvalue weighted by Crippen LogP contribution is -1.96. The molecule has 0 saturated heterocycles. The van der Waals surface area contributed by atoms with E-state index in [4.69, 9.17) is 9.40 Å². The SMILES string of the molecule is Cc1cccc(-c2cccc(-n3c4ccccc4c4c(-c5ccc6nc7n(-c8cc(C)cc(-c9ccc%10oc%11cnccc%11c%10c9)c8)c8ccccc8n7c6c5)cccc43)c2)c1. The first-order valence-electron chi connectivity index (χ1n) is 21.0. The number of rotatable bonds is 5. The molecule has 0 bridgehead atoms. The minimum absolute atomic E-state index is 0.795. The molecule has 0 unspecified atom stereocenters. The van der Waals surface area contributed by atoms with Crippen LogP contribution in [-0.4, -0.2) is 23.5 Å². The van der Waals surface area contributed by atoms with Gasteiger partial charge in [0.05, 0.1) is 45.0 Å². The van der Waals surface area contributed by atoms with Gasteiger partial charge in [0.2, 0.25) is 5.78 Å². The highest BCUT2D eigenvalue weighted by atomic mass is 16.3. The first-order valence-corrected chi connectivity index (χ1v) is 21.0. The van der Waals surface area contributed by atoms with Gasteiger partial charge in [0.15, 0.2) is 5.58 Å². The average Bonchev–Trinajstić information content (AvgIpc) is 4.05. The van der Waals surface area contributed by atoms with Crippen LogP contribution in [0, 0.1) is 13.8 Å². The van der Waals surface area contributed by atoms with E-state index in [1.807, 2.05) is 12.3 Å². The van der Waals surface area contributed by atoms with Crippen LogP contribution in [0.1, 0.15) is 11.1 Å². The summed E-state index contributed by atoms with van der Waals surface area (Å²) in [4.78, 5) is 9.63. The molecule has 13 rings (SSSR count). The summed E-state index contributed by atoms with van der Waals surface area (Å²) < 4.78 is 13.2. The summed E-state index contributed by atoms with van der Waals surface area (Å²) >= 11 is 0. The molecule has 6 heteroatoms. The van der Waals surface area contributed by atoms with Crippen molar-refractivity contribution in [3.8, 4) is 44.8 Å². The standard InChI is InChI=1S/C56H37N5O/c1-34-10-7-11-36(26-34)37-12-8-13-41(29-37)59-48-16-4-3-14-45(48)55-43(15-9-19-51(55)59)39-20-22-47-52(32-39)61-50-18-6-5-17-49(50)60(56(61)58-47)42-28-35(2)27-40(30-42)38-21-23-53-46(31-38)44-24-25-57-33-54(44)62-53/h3-33H,1-2H3. The van der Waals surface area contributed by atoms with Gasteiger partial charge in [-0.3, -0.25) is 14.0 Å². The molecule has 0 spiro atoms. The van der Waals surface area contributed by atoms with Crippen molar-refractivity contribution >= 4 is 71.6 Å². The minimum atomic E-state index is 0.795. The van der Waals surface area contributed by atoms with Gasteiger partial charge in [0, 0.05) is 33.4 Å². The first kappa shape index (κ1) is 34.6. The number of para-hydroxylation sites is 3. The number of imidazole rings is 2. The molecule has 0 aliphatic carbocycles. The van der Waals surface area contributed by atoms with Crippen LogP contribution < -0.4 is 0 Å². The Morgan fingerprint density at radius 1 is 0.435 bits per heavy atom. The number of fused-ring (bicyclic) bond motifs is 11. The molecule has 5 heterocycles. The van der Waals surface area contributed by atoms with Gasteiger partial charge < -0.3 is 8.98 Å². The van der Waals surface area contributed by atoms with Crippen LogP contribution in [0.15, 0.2) is 193 Å². The Bertz CT molecular complexity index is 3970. The highest BCUT2D eigenvalue weighted by Gasteiger charge is 2.21.